The van der Waals surface area contributed by atoms with Crippen molar-refractivity contribution in [3.63, 3.8) is 0 Å². The molecule has 1 aromatic heterocycles. The Morgan fingerprint density at radius 3 is 2.89 bits per heavy atom. The van der Waals surface area contributed by atoms with Crippen LogP contribution in [-0.2, 0) is 11.3 Å². The van der Waals surface area contributed by atoms with Crippen molar-refractivity contribution in [3.05, 3.63) is 23.9 Å². The summed E-state index contributed by atoms with van der Waals surface area (Å²) in [6, 6.07) is 4.04. The largest absolute Gasteiger partial charge is 0.474 e. The molecule has 27 heavy (non-hydrogen) atoms. The molecule has 2 fully saturated rings. The summed E-state index contributed by atoms with van der Waals surface area (Å²) in [6.07, 6.45) is 8.10. The molecule has 6 nitrogen and oxygen atoms in total. The molecular formula is C20H33IN4O2. The summed E-state index contributed by atoms with van der Waals surface area (Å²) in [5, 5.41) is 3.39. The van der Waals surface area contributed by atoms with Crippen LogP contribution in [0.25, 0.3) is 0 Å². The minimum atomic E-state index is 0. The lowest BCUT2D eigenvalue weighted by Gasteiger charge is -2.24. The van der Waals surface area contributed by atoms with Crippen LogP contribution in [0.4, 0.5) is 0 Å². The van der Waals surface area contributed by atoms with Gasteiger partial charge in [-0.1, -0.05) is 0 Å². The van der Waals surface area contributed by atoms with E-state index in [0.29, 0.717) is 18.6 Å². The topological polar surface area (TPSA) is 59.0 Å². The highest BCUT2D eigenvalue weighted by atomic mass is 127. The highest BCUT2D eigenvalue weighted by Gasteiger charge is 2.19. The maximum absolute atomic E-state index is 6.01. The van der Waals surface area contributed by atoms with Gasteiger partial charge in [0.25, 0.3) is 0 Å². The van der Waals surface area contributed by atoms with E-state index in [9.17, 15) is 0 Å². The number of aromatic nitrogens is 1. The molecule has 0 spiro atoms. The molecule has 1 aliphatic heterocycles. The van der Waals surface area contributed by atoms with Crippen molar-refractivity contribution >= 4 is 29.9 Å². The van der Waals surface area contributed by atoms with Crippen molar-refractivity contribution in [2.24, 2.45) is 10.9 Å². The fourth-order valence-electron chi connectivity index (χ4n) is 3.63. The van der Waals surface area contributed by atoms with Gasteiger partial charge in [-0.25, -0.2) is 9.98 Å². The molecule has 1 aromatic rings. The number of hydrogen-bond acceptors (Lipinski definition) is 4. The summed E-state index contributed by atoms with van der Waals surface area (Å²) in [6.45, 7) is 6.29. The molecule has 0 bridgehead atoms. The van der Waals surface area contributed by atoms with Crippen molar-refractivity contribution in [1.29, 1.82) is 0 Å². The van der Waals surface area contributed by atoms with Crippen molar-refractivity contribution < 1.29 is 9.47 Å². The van der Waals surface area contributed by atoms with Gasteiger partial charge in [0, 0.05) is 44.9 Å². The van der Waals surface area contributed by atoms with Gasteiger partial charge in [0.15, 0.2) is 5.96 Å². The molecule has 2 aliphatic rings. The number of guanidine groups is 1. The first-order chi connectivity index (χ1) is 12.7. The highest BCUT2D eigenvalue weighted by molar-refractivity contribution is 14.0. The fourth-order valence-corrected chi connectivity index (χ4v) is 3.63. The molecule has 0 amide bonds. The highest BCUT2D eigenvalue weighted by Crippen LogP contribution is 2.23. The number of halogens is 1. The van der Waals surface area contributed by atoms with Gasteiger partial charge >= 0.3 is 0 Å². The third kappa shape index (κ3) is 7.10. The number of pyridine rings is 1. The Bertz CT molecular complexity index is 587. The molecule has 1 saturated heterocycles. The van der Waals surface area contributed by atoms with Gasteiger partial charge in [0.1, 0.15) is 6.10 Å². The van der Waals surface area contributed by atoms with E-state index in [0.717, 1.165) is 63.0 Å². The van der Waals surface area contributed by atoms with E-state index in [2.05, 4.69) is 29.2 Å². The molecule has 1 unspecified atom stereocenters. The van der Waals surface area contributed by atoms with Gasteiger partial charge in [0.2, 0.25) is 5.88 Å². The third-order valence-electron chi connectivity index (χ3n) is 5.05. The maximum atomic E-state index is 6.01. The second-order valence-electron chi connectivity index (χ2n) is 7.31. The Balaban J connectivity index is 0.00000261. The Kier molecular flexibility index (Phi) is 9.61. The lowest BCUT2D eigenvalue weighted by molar-refractivity contribution is 0.181. The van der Waals surface area contributed by atoms with Crippen molar-refractivity contribution in [3.8, 4) is 5.88 Å². The van der Waals surface area contributed by atoms with Crippen LogP contribution in [-0.4, -0.2) is 55.3 Å². The van der Waals surface area contributed by atoms with Gasteiger partial charge in [-0.05, 0) is 50.7 Å². The summed E-state index contributed by atoms with van der Waals surface area (Å²) >= 11 is 0. The van der Waals surface area contributed by atoms with Crippen LogP contribution in [0, 0.1) is 5.92 Å². The van der Waals surface area contributed by atoms with Crippen LogP contribution >= 0.6 is 24.0 Å². The van der Waals surface area contributed by atoms with Gasteiger partial charge in [-0.15, -0.1) is 24.0 Å². The van der Waals surface area contributed by atoms with E-state index in [1.165, 1.54) is 12.8 Å². The summed E-state index contributed by atoms with van der Waals surface area (Å²) in [7, 11) is 2.10. The number of nitrogens with zero attached hydrogens (tertiary/aromatic N) is 3. The molecule has 3 rings (SSSR count). The number of aliphatic imine (C=N–C) groups is 1. The second kappa shape index (κ2) is 11.7. The van der Waals surface area contributed by atoms with Crippen LogP contribution in [0.15, 0.2) is 23.3 Å². The van der Waals surface area contributed by atoms with Crippen LogP contribution in [0.2, 0.25) is 0 Å². The molecule has 2 heterocycles. The van der Waals surface area contributed by atoms with Crippen molar-refractivity contribution in [2.45, 2.75) is 51.7 Å². The van der Waals surface area contributed by atoms with Crippen molar-refractivity contribution in [2.75, 3.05) is 33.4 Å². The third-order valence-corrected chi connectivity index (χ3v) is 5.05. The Morgan fingerprint density at radius 1 is 1.37 bits per heavy atom. The molecule has 0 radical (unpaired) electrons. The predicted molar refractivity (Wildman–Crippen MR) is 119 cm³/mol. The van der Waals surface area contributed by atoms with Gasteiger partial charge in [0.05, 0.1) is 13.2 Å². The molecule has 1 saturated carbocycles. The first kappa shape index (κ1) is 22.2. The number of ether oxygens (including phenoxy) is 2. The lowest BCUT2D eigenvalue weighted by Crippen LogP contribution is -2.41. The van der Waals surface area contributed by atoms with Crippen LogP contribution in [0.3, 0.4) is 0 Å². The minimum absolute atomic E-state index is 0. The smallest absolute Gasteiger partial charge is 0.213 e. The first-order valence-electron chi connectivity index (χ1n) is 9.93. The molecule has 1 aliphatic carbocycles. The monoisotopic (exact) mass is 488 g/mol. The average Bonchev–Trinajstić information content (AvgIpc) is 3.33. The molecule has 1 N–H and O–H groups in total. The van der Waals surface area contributed by atoms with Gasteiger partial charge in [-0.2, -0.15) is 0 Å². The van der Waals surface area contributed by atoms with E-state index in [1.807, 2.05) is 18.3 Å². The van der Waals surface area contributed by atoms with E-state index >= 15 is 0 Å². The molecule has 7 heteroatoms. The zero-order chi connectivity index (χ0) is 18.2. The van der Waals surface area contributed by atoms with Gasteiger partial charge in [-0.3, -0.25) is 0 Å². The van der Waals surface area contributed by atoms with Gasteiger partial charge < -0.3 is 19.7 Å². The summed E-state index contributed by atoms with van der Waals surface area (Å²) < 4.78 is 11.5. The molecule has 1 atom stereocenters. The normalized spacial score (nSPS) is 20.4. The van der Waals surface area contributed by atoms with Crippen LogP contribution in [0.5, 0.6) is 5.88 Å². The summed E-state index contributed by atoms with van der Waals surface area (Å²) in [5.41, 5.74) is 1.13. The summed E-state index contributed by atoms with van der Waals surface area (Å²) in [5.74, 6) is 2.26. The second-order valence-corrected chi connectivity index (χ2v) is 7.31. The lowest BCUT2D eigenvalue weighted by atomic mass is 10.1. The van der Waals surface area contributed by atoms with Crippen LogP contribution in [0.1, 0.15) is 44.6 Å². The van der Waals surface area contributed by atoms with E-state index in [4.69, 9.17) is 14.5 Å². The fraction of sp³-hybridized carbons (Fsp3) is 0.700. The Morgan fingerprint density at radius 2 is 2.19 bits per heavy atom. The van der Waals surface area contributed by atoms with Crippen LogP contribution < -0.4 is 10.1 Å². The first-order valence-corrected chi connectivity index (χ1v) is 9.93. The maximum Gasteiger partial charge on any atom is 0.213 e. The SMILES string of the molecule is CCNC(=NCc1ccnc(OC2CCCC2)c1)N(C)CC1CCOC1.I. The quantitative estimate of drug-likeness (QED) is 0.362. The standard InChI is InChI=1S/C20H32N4O2.HI/c1-3-21-20(24(2)14-17-9-11-25-15-17)23-13-16-8-10-22-19(12-16)26-18-6-4-5-7-18;/h8,10,12,17-18H,3-7,9,11,13-15H2,1-2H3,(H,21,23);1H. The average molecular weight is 488 g/mol. The van der Waals surface area contributed by atoms with E-state index in [-0.39, 0.29) is 24.0 Å². The zero-order valence-corrected chi connectivity index (χ0v) is 18.9. The van der Waals surface area contributed by atoms with Crippen molar-refractivity contribution in [1.82, 2.24) is 15.2 Å². The number of hydrogen-bond donors (Lipinski definition) is 1. The predicted octanol–water partition coefficient (Wildman–Crippen LogP) is 3.45. The Hall–Kier alpha value is -1.09. The van der Waals surface area contributed by atoms with E-state index < -0.39 is 0 Å². The molecular weight excluding hydrogens is 455 g/mol. The van der Waals surface area contributed by atoms with E-state index in [1.54, 1.807) is 0 Å². The molecule has 0 aromatic carbocycles. The number of rotatable bonds is 7. The molecule has 152 valence electrons. The number of nitrogens with one attached hydrogen (secondary N) is 1. The zero-order valence-electron chi connectivity index (χ0n) is 16.5. The summed E-state index contributed by atoms with van der Waals surface area (Å²) in [4.78, 5) is 11.4. The Labute approximate surface area is 180 Å². The minimum Gasteiger partial charge on any atom is -0.474 e.